The monoisotopic (exact) mass is 512 g/mol. The van der Waals surface area contributed by atoms with Gasteiger partial charge in [0, 0.05) is 69.6 Å². The van der Waals surface area contributed by atoms with Crippen molar-refractivity contribution in [2.24, 2.45) is 0 Å². The molecule has 0 saturated carbocycles. The molecule has 2 aliphatic rings. The lowest BCUT2D eigenvalue weighted by molar-refractivity contribution is 0.0964. The molecule has 196 valence electrons. The van der Waals surface area contributed by atoms with Gasteiger partial charge in [0.25, 0.3) is 5.91 Å². The van der Waals surface area contributed by atoms with E-state index in [4.69, 9.17) is 14.2 Å². The van der Waals surface area contributed by atoms with E-state index in [0.29, 0.717) is 24.5 Å². The quantitative estimate of drug-likeness (QED) is 0.400. The van der Waals surface area contributed by atoms with Gasteiger partial charge in [-0.25, -0.2) is 0 Å². The largest absolute Gasteiger partial charge is 0.489 e. The van der Waals surface area contributed by atoms with Gasteiger partial charge in [-0.1, -0.05) is 12.1 Å². The number of pyridine rings is 1. The first kappa shape index (κ1) is 24.5. The van der Waals surface area contributed by atoms with Gasteiger partial charge in [-0.3, -0.25) is 14.7 Å². The fourth-order valence-corrected chi connectivity index (χ4v) is 5.31. The van der Waals surface area contributed by atoms with Crippen molar-refractivity contribution >= 4 is 27.6 Å². The summed E-state index contributed by atoms with van der Waals surface area (Å²) in [5, 5.41) is 5.47. The summed E-state index contributed by atoms with van der Waals surface area (Å²) in [6.45, 7) is 6.42. The van der Waals surface area contributed by atoms with E-state index < -0.39 is 0 Å². The number of amides is 1. The van der Waals surface area contributed by atoms with E-state index in [1.807, 2.05) is 48.5 Å². The average molecular weight is 513 g/mol. The first-order valence-electron chi connectivity index (χ1n) is 13.1. The van der Waals surface area contributed by atoms with Gasteiger partial charge in [0.15, 0.2) is 11.5 Å². The van der Waals surface area contributed by atoms with Gasteiger partial charge in [0.2, 0.25) is 0 Å². The Bertz CT molecular complexity index is 1500. The van der Waals surface area contributed by atoms with Crippen LogP contribution in [0.3, 0.4) is 0 Å². The van der Waals surface area contributed by atoms with E-state index in [1.54, 1.807) is 13.2 Å². The molecule has 1 N–H and O–H groups in total. The SMILES string of the molecule is CNC(=O)c1cccc2cc(Oc3ccnc4cc(OCCN5CCN(C)CC5)c5c(c34)CCO5)ccc12. The number of hydrogen-bond donors (Lipinski definition) is 1. The second-order valence-corrected chi connectivity index (χ2v) is 9.85. The maximum atomic E-state index is 12.3. The minimum Gasteiger partial charge on any atom is -0.489 e. The highest BCUT2D eigenvalue weighted by Gasteiger charge is 2.25. The molecular formula is C30H32N4O4. The predicted molar refractivity (Wildman–Crippen MR) is 148 cm³/mol. The van der Waals surface area contributed by atoms with Gasteiger partial charge in [0.05, 0.1) is 17.5 Å². The number of rotatable bonds is 7. The van der Waals surface area contributed by atoms with Crippen LogP contribution in [0.1, 0.15) is 15.9 Å². The van der Waals surface area contributed by atoms with Crippen LogP contribution in [0.4, 0.5) is 0 Å². The van der Waals surface area contributed by atoms with E-state index in [-0.39, 0.29) is 5.91 Å². The summed E-state index contributed by atoms with van der Waals surface area (Å²) in [7, 11) is 3.80. The minimum atomic E-state index is -0.110. The Balaban J connectivity index is 1.27. The molecular weight excluding hydrogens is 480 g/mol. The maximum Gasteiger partial charge on any atom is 0.251 e. The molecule has 1 aromatic heterocycles. The first-order chi connectivity index (χ1) is 18.6. The number of likely N-dealkylation sites (N-methyl/N-ethyl adjacent to an activating group) is 1. The van der Waals surface area contributed by atoms with Gasteiger partial charge in [-0.15, -0.1) is 0 Å². The Morgan fingerprint density at radius 2 is 1.95 bits per heavy atom. The molecule has 3 heterocycles. The van der Waals surface area contributed by atoms with E-state index in [0.717, 1.165) is 83.6 Å². The molecule has 8 heteroatoms. The maximum absolute atomic E-state index is 12.3. The zero-order valence-electron chi connectivity index (χ0n) is 21.8. The summed E-state index contributed by atoms with van der Waals surface area (Å²) >= 11 is 0. The second kappa shape index (κ2) is 10.5. The minimum absolute atomic E-state index is 0.110. The molecule has 8 nitrogen and oxygen atoms in total. The van der Waals surface area contributed by atoms with Crippen LogP contribution in [0.2, 0.25) is 0 Å². The molecule has 0 atom stereocenters. The predicted octanol–water partition coefficient (Wildman–Crippen LogP) is 4.10. The molecule has 0 radical (unpaired) electrons. The molecule has 0 unspecified atom stereocenters. The van der Waals surface area contributed by atoms with Gasteiger partial charge in [0.1, 0.15) is 18.1 Å². The van der Waals surface area contributed by atoms with Crippen LogP contribution in [0.25, 0.3) is 21.7 Å². The molecule has 38 heavy (non-hydrogen) atoms. The molecule has 1 fully saturated rings. The van der Waals surface area contributed by atoms with Crippen molar-refractivity contribution in [3.8, 4) is 23.0 Å². The number of carbonyl (C=O) groups is 1. The second-order valence-electron chi connectivity index (χ2n) is 9.85. The van der Waals surface area contributed by atoms with Gasteiger partial charge >= 0.3 is 0 Å². The molecule has 1 saturated heterocycles. The summed E-state index contributed by atoms with van der Waals surface area (Å²) in [6, 6.07) is 15.3. The number of aromatic nitrogens is 1. The van der Waals surface area contributed by atoms with Crippen molar-refractivity contribution in [2.45, 2.75) is 6.42 Å². The van der Waals surface area contributed by atoms with Crippen LogP contribution >= 0.6 is 0 Å². The Labute approximate surface area is 222 Å². The van der Waals surface area contributed by atoms with Crippen LogP contribution in [-0.4, -0.2) is 80.7 Å². The van der Waals surface area contributed by atoms with Crippen molar-refractivity contribution < 1.29 is 19.0 Å². The summed E-state index contributed by atoms with van der Waals surface area (Å²) in [6.07, 6.45) is 2.54. The third-order valence-electron chi connectivity index (χ3n) is 7.42. The number of nitrogens with one attached hydrogen (secondary N) is 1. The average Bonchev–Trinajstić information content (AvgIpc) is 3.44. The number of nitrogens with zero attached hydrogens (tertiary/aromatic N) is 3. The Morgan fingerprint density at radius 1 is 1.08 bits per heavy atom. The Kier molecular flexibility index (Phi) is 6.74. The molecule has 1 amide bonds. The topological polar surface area (TPSA) is 76.2 Å². The molecule has 0 aliphatic carbocycles. The number of hydrogen-bond acceptors (Lipinski definition) is 7. The Hall–Kier alpha value is -3.88. The van der Waals surface area contributed by atoms with Crippen LogP contribution in [-0.2, 0) is 6.42 Å². The lowest BCUT2D eigenvalue weighted by atomic mass is 10.0. The number of benzene rings is 3. The highest BCUT2D eigenvalue weighted by atomic mass is 16.5. The van der Waals surface area contributed by atoms with Crippen molar-refractivity contribution in [3.63, 3.8) is 0 Å². The fourth-order valence-electron chi connectivity index (χ4n) is 5.31. The smallest absolute Gasteiger partial charge is 0.251 e. The molecule has 6 rings (SSSR count). The number of ether oxygens (including phenoxy) is 3. The van der Waals surface area contributed by atoms with Gasteiger partial charge in [-0.05, 0) is 48.2 Å². The summed E-state index contributed by atoms with van der Waals surface area (Å²) < 4.78 is 18.7. The van der Waals surface area contributed by atoms with Crippen molar-refractivity contribution in [1.82, 2.24) is 20.1 Å². The molecule has 3 aromatic carbocycles. The van der Waals surface area contributed by atoms with Crippen LogP contribution < -0.4 is 19.5 Å². The molecule has 2 aliphatic heterocycles. The van der Waals surface area contributed by atoms with E-state index in [1.165, 1.54) is 0 Å². The standard InChI is InChI=1S/C30H32N4O4/c1-31-30(35)23-5-3-4-20-18-21(6-7-22(20)23)38-26-8-10-32-25-19-27(29-24(28(25)26)9-16-37-29)36-17-15-34-13-11-33(2)12-14-34/h3-8,10,18-19H,9,11-17H2,1-2H3,(H,31,35). The number of piperazine rings is 1. The molecule has 0 spiro atoms. The Morgan fingerprint density at radius 3 is 2.79 bits per heavy atom. The summed E-state index contributed by atoms with van der Waals surface area (Å²) in [5.41, 5.74) is 2.54. The molecule has 0 bridgehead atoms. The normalized spacial score (nSPS) is 15.8. The van der Waals surface area contributed by atoms with E-state index in [9.17, 15) is 4.79 Å². The third-order valence-corrected chi connectivity index (χ3v) is 7.42. The van der Waals surface area contributed by atoms with Crippen molar-refractivity contribution in [1.29, 1.82) is 0 Å². The van der Waals surface area contributed by atoms with Crippen molar-refractivity contribution in [2.75, 3.05) is 60.0 Å². The van der Waals surface area contributed by atoms with Crippen LogP contribution in [0, 0.1) is 0 Å². The first-order valence-corrected chi connectivity index (χ1v) is 13.1. The zero-order valence-corrected chi connectivity index (χ0v) is 21.8. The van der Waals surface area contributed by atoms with Crippen molar-refractivity contribution in [3.05, 3.63) is 65.9 Å². The summed E-state index contributed by atoms with van der Waals surface area (Å²) in [5.74, 6) is 2.85. The highest BCUT2D eigenvalue weighted by molar-refractivity contribution is 6.07. The third kappa shape index (κ3) is 4.73. The lowest BCUT2D eigenvalue weighted by Crippen LogP contribution is -2.45. The van der Waals surface area contributed by atoms with Crippen LogP contribution in [0.5, 0.6) is 23.0 Å². The number of carbonyl (C=O) groups excluding carboxylic acids is 1. The number of fused-ring (bicyclic) bond motifs is 4. The fraction of sp³-hybridized carbons (Fsp3) is 0.333. The lowest BCUT2D eigenvalue weighted by Gasteiger charge is -2.32. The molecule has 4 aromatic rings. The highest BCUT2D eigenvalue weighted by Crippen LogP contribution is 2.44. The zero-order chi connectivity index (χ0) is 26.1. The van der Waals surface area contributed by atoms with E-state index >= 15 is 0 Å². The van der Waals surface area contributed by atoms with E-state index in [2.05, 4.69) is 27.1 Å². The van der Waals surface area contributed by atoms with Gasteiger partial charge < -0.3 is 24.4 Å². The summed E-state index contributed by atoms with van der Waals surface area (Å²) in [4.78, 5) is 21.7. The van der Waals surface area contributed by atoms with Crippen LogP contribution in [0.15, 0.2) is 54.7 Å². The van der Waals surface area contributed by atoms with Gasteiger partial charge in [-0.2, -0.15) is 0 Å².